The number of carboxylic acid groups (broad SMARTS) is 1. The lowest BCUT2D eigenvalue weighted by Crippen LogP contribution is -2.20. The summed E-state index contributed by atoms with van der Waals surface area (Å²) in [6.45, 7) is 0. The Morgan fingerprint density at radius 3 is 2.64 bits per heavy atom. The molecule has 1 heterocycles. The van der Waals surface area contributed by atoms with Crippen LogP contribution in [0.15, 0.2) is 18.5 Å². The van der Waals surface area contributed by atoms with Gasteiger partial charge in [-0.1, -0.05) is 0 Å². The monoisotopic (exact) mass is 217 g/mol. The first-order chi connectivity index (χ1) is 6.17. The minimum absolute atomic E-state index is 0. The van der Waals surface area contributed by atoms with Gasteiger partial charge >= 0.3 is 5.97 Å². The minimum atomic E-state index is -0.965. The van der Waals surface area contributed by atoms with E-state index in [1.165, 1.54) is 12.3 Å². The maximum Gasteiger partial charge on any atom is 0.314 e. The van der Waals surface area contributed by atoms with E-state index >= 15 is 0 Å². The third kappa shape index (κ3) is 1.46. The molecule has 1 aromatic rings. The van der Waals surface area contributed by atoms with Crippen LogP contribution in [0.4, 0.5) is 4.39 Å². The van der Waals surface area contributed by atoms with Crippen LogP contribution >= 0.6 is 12.4 Å². The predicted octanol–water partition coefficient (Wildman–Crippen LogP) is 1.76. The van der Waals surface area contributed by atoms with E-state index in [4.69, 9.17) is 5.11 Å². The average molecular weight is 218 g/mol. The highest BCUT2D eigenvalue weighted by atomic mass is 35.5. The molecule has 5 heteroatoms. The fraction of sp³-hybridized carbons (Fsp3) is 0.333. The third-order valence-electron chi connectivity index (χ3n) is 2.45. The number of halogens is 2. The van der Waals surface area contributed by atoms with Crippen molar-refractivity contribution >= 4 is 18.4 Å². The Bertz CT molecular complexity index is 366. The highest BCUT2D eigenvalue weighted by Crippen LogP contribution is 2.48. The SMILES string of the molecule is Cl.O=C(O)C1(c2ccncc2F)CC1. The molecule has 3 nitrogen and oxygen atoms in total. The van der Waals surface area contributed by atoms with Gasteiger partial charge in [-0.3, -0.25) is 9.78 Å². The van der Waals surface area contributed by atoms with Crippen LogP contribution in [-0.4, -0.2) is 16.1 Å². The molecule has 0 unspecified atom stereocenters. The second-order valence-electron chi connectivity index (χ2n) is 3.24. The van der Waals surface area contributed by atoms with E-state index in [2.05, 4.69) is 4.98 Å². The van der Waals surface area contributed by atoms with Crippen LogP contribution in [0.5, 0.6) is 0 Å². The zero-order valence-electron chi connectivity index (χ0n) is 7.24. The Balaban J connectivity index is 0.000000980. The third-order valence-corrected chi connectivity index (χ3v) is 2.45. The molecule has 0 radical (unpaired) electrons. The van der Waals surface area contributed by atoms with E-state index in [1.54, 1.807) is 0 Å². The summed E-state index contributed by atoms with van der Waals surface area (Å²) in [7, 11) is 0. The number of aromatic nitrogens is 1. The van der Waals surface area contributed by atoms with Crippen LogP contribution in [0, 0.1) is 5.82 Å². The molecule has 1 aromatic heterocycles. The Morgan fingerprint density at radius 2 is 2.21 bits per heavy atom. The molecule has 1 aliphatic rings. The highest BCUT2D eigenvalue weighted by Gasteiger charge is 2.53. The fourth-order valence-electron chi connectivity index (χ4n) is 1.49. The Kier molecular flexibility index (Phi) is 2.76. The molecule has 1 saturated carbocycles. The summed E-state index contributed by atoms with van der Waals surface area (Å²) in [5, 5.41) is 8.89. The van der Waals surface area contributed by atoms with Gasteiger partial charge in [0, 0.05) is 11.8 Å². The maximum atomic E-state index is 13.2. The summed E-state index contributed by atoms with van der Waals surface area (Å²) in [6.07, 6.45) is 3.51. The van der Waals surface area contributed by atoms with Gasteiger partial charge in [-0.15, -0.1) is 12.4 Å². The van der Waals surface area contributed by atoms with Crippen molar-refractivity contribution in [2.75, 3.05) is 0 Å². The van der Waals surface area contributed by atoms with Crippen LogP contribution in [0.25, 0.3) is 0 Å². The topological polar surface area (TPSA) is 50.2 Å². The number of pyridine rings is 1. The van der Waals surface area contributed by atoms with Crippen molar-refractivity contribution in [3.63, 3.8) is 0 Å². The van der Waals surface area contributed by atoms with Crippen molar-refractivity contribution in [1.29, 1.82) is 0 Å². The zero-order valence-corrected chi connectivity index (χ0v) is 8.05. The summed E-state index contributed by atoms with van der Waals surface area (Å²) in [6, 6.07) is 1.44. The zero-order chi connectivity index (χ0) is 9.47. The number of carboxylic acids is 1. The summed E-state index contributed by atoms with van der Waals surface area (Å²) < 4.78 is 13.2. The van der Waals surface area contributed by atoms with E-state index in [9.17, 15) is 9.18 Å². The first-order valence-corrected chi connectivity index (χ1v) is 4.00. The molecule has 0 aliphatic heterocycles. The second kappa shape index (κ2) is 3.53. The van der Waals surface area contributed by atoms with Gasteiger partial charge in [0.1, 0.15) is 5.82 Å². The highest BCUT2D eigenvalue weighted by molar-refractivity contribution is 5.85. The Hall–Kier alpha value is -1.16. The Morgan fingerprint density at radius 1 is 1.57 bits per heavy atom. The summed E-state index contributed by atoms with van der Waals surface area (Å²) >= 11 is 0. The maximum absolute atomic E-state index is 13.2. The van der Waals surface area contributed by atoms with Gasteiger partial charge in [0.25, 0.3) is 0 Å². The van der Waals surface area contributed by atoms with Crippen LogP contribution in [0.2, 0.25) is 0 Å². The number of rotatable bonds is 2. The molecular formula is C9H9ClFNO2. The molecule has 2 rings (SSSR count). The van der Waals surface area contributed by atoms with E-state index in [0.717, 1.165) is 6.20 Å². The minimum Gasteiger partial charge on any atom is -0.481 e. The van der Waals surface area contributed by atoms with Gasteiger partial charge in [0.05, 0.1) is 11.6 Å². The van der Waals surface area contributed by atoms with Crippen molar-refractivity contribution < 1.29 is 14.3 Å². The molecule has 0 bridgehead atoms. The lowest BCUT2D eigenvalue weighted by atomic mass is 9.97. The standard InChI is InChI=1S/C9H8FNO2.ClH/c10-7-5-11-4-1-6(7)9(2-3-9)8(12)13;/h1,4-5H,2-3H2,(H,12,13);1H. The molecule has 1 fully saturated rings. The van der Waals surface area contributed by atoms with Crippen molar-refractivity contribution in [2.45, 2.75) is 18.3 Å². The quantitative estimate of drug-likeness (QED) is 0.821. The van der Waals surface area contributed by atoms with Gasteiger partial charge in [0.15, 0.2) is 0 Å². The van der Waals surface area contributed by atoms with Crippen LogP contribution in [-0.2, 0) is 10.2 Å². The second-order valence-corrected chi connectivity index (χ2v) is 3.24. The van der Waals surface area contributed by atoms with Gasteiger partial charge < -0.3 is 5.11 Å². The fourth-order valence-corrected chi connectivity index (χ4v) is 1.49. The summed E-state index contributed by atoms with van der Waals surface area (Å²) in [5.74, 6) is -1.47. The van der Waals surface area contributed by atoms with E-state index < -0.39 is 17.2 Å². The van der Waals surface area contributed by atoms with Crippen LogP contribution in [0.1, 0.15) is 18.4 Å². The van der Waals surface area contributed by atoms with Crippen molar-refractivity contribution in [1.82, 2.24) is 4.98 Å². The summed E-state index contributed by atoms with van der Waals surface area (Å²) in [5.41, 5.74) is -0.706. The van der Waals surface area contributed by atoms with E-state index in [1.807, 2.05) is 0 Å². The number of carbonyl (C=O) groups is 1. The van der Waals surface area contributed by atoms with Crippen LogP contribution < -0.4 is 0 Å². The number of hydrogen-bond donors (Lipinski definition) is 1. The number of nitrogens with zero attached hydrogens (tertiary/aromatic N) is 1. The van der Waals surface area contributed by atoms with Gasteiger partial charge in [-0.25, -0.2) is 4.39 Å². The molecular weight excluding hydrogens is 209 g/mol. The number of aliphatic carboxylic acids is 1. The average Bonchev–Trinajstić information content (AvgIpc) is 2.85. The molecule has 76 valence electrons. The molecule has 0 spiro atoms. The van der Waals surface area contributed by atoms with Crippen LogP contribution in [0.3, 0.4) is 0 Å². The molecule has 0 atom stereocenters. The molecule has 14 heavy (non-hydrogen) atoms. The normalized spacial score (nSPS) is 16.9. The largest absolute Gasteiger partial charge is 0.481 e. The first kappa shape index (κ1) is 10.9. The van der Waals surface area contributed by atoms with Gasteiger partial charge in [-0.05, 0) is 18.9 Å². The van der Waals surface area contributed by atoms with Gasteiger partial charge in [-0.2, -0.15) is 0 Å². The molecule has 0 aromatic carbocycles. The lowest BCUT2D eigenvalue weighted by molar-refractivity contribution is -0.140. The van der Waals surface area contributed by atoms with Crippen molar-refractivity contribution in [3.8, 4) is 0 Å². The summed E-state index contributed by atoms with van der Waals surface area (Å²) in [4.78, 5) is 14.4. The van der Waals surface area contributed by atoms with E-state index in [-0.39, 0.29) is 18.0 Å². The van der Waals surface area contributed by atoms with E-state index in [0.29, 0.717) is 12.8 Å². The lowest BCUT2D eigenvalue weighted by Gasteiger charge is -2.09. The smallest absolute Gasteiger partial charge is 0.314 e. The molecule has 1 aliphatic carbocycles. The first-order valence-electron chi connectivity index (χ1n) is 4.00. The van der Waals surface area contributed by atoms with Crippen molar-refractivity contribution in [2.24, 2.45) is 0 Å². The van der Waals surface area contributed by atoms with Crippen molar-refractivity contribution in [3.05, 3.63) is 29.8 Å². The predicted molar refractivity (Wildman–Crippen MR) is 50.0 cm³/mol. The molecule has 0 saturated heterocycles. The Labute approximate surface area is 86.4 Å². The number of hydrogen-bond acceptors (Lipinski definition) is 2. The molecule has 0 amide bonds. The molecule has 1 N–H and O–H groups in total. The van der Waals surface area contributed by atoms with Gasteiger partial charge in [0.2, 0.25) is 0 Å².